The Morgan fingerprint density at radius 3 is 2.94 bits per heavy atom. The maximum Gasteiger partial charge on any atom is 0.321 e. The summed E-state index contributed by atoms with van der Waals surface area (Å²) in [6.07, 6.45) is 1.71. The second-order valence-electron chi connectivity index (χ2n) is 3.25. The first-order valence-corrected chi connectivity index (χ1v) is 5.98. The molecule has 3 N–H and O–H groups in total. The van der Waals surface area contributed by atoms with Gasteiger partial charge in [0.05, 0.1) is 0 Å². The highest BCUT2D eigenvalue weighted by Crippen LogP contribution is 2.02. The monoisotopic (exact) mass is 242 g/mol. The number of pyridine rings is 1. The lowest BCUT2D eigenvalue weighted by Gasteiger charge is -2.07. The fourth-order valence-electron chi connectivity index (χ4n) is 1.09. The Morgan fingerprint density at radius 2 is 2.31 bits per heavy atom. The van der Waals surface area contributed by atoms with Gasteiger partial charge in [-0.1, -0.05) is 6.07 Å². The summed E-state index contributed by atoms with van der Waals surface area (Å²) >= 11 is 1.43. The van der Waals surface area contributed by atoms with E-state index in [0.29, 0.717) is 18.1 Å². The summed E-state index contributed by atoms with van der Waals surface area (Å²) in [5, 5.41) is 8.55. The number of hydrogen-bond donors (Lipinski definition) is 2. The summed E-state index contributed by atoms with van der Waals surface area (Å²) in [4.78, 5) is 21.7. The van der Waals surface area contributed by atoms with Gasteiger partial charge in [0.2, 0.25) is 0 Å². The zero-order valence-corrected chi connectivity index (χ0v) is 9.52. The summed E-state index contributed by atoms with van der Waals surface area (Å²) in [6.45, 7) is 0.566. The van der Waals surface area contributed by atoms with Crippen molar-refractivity contribution in [3.05, 3.63) is 34.7 Å². The molecule has 16 heavy (non-hydrogen) atoms. The van der Waals surface area contributed by atoms with Crippen LogP contribution in [0, 0.1) is 0 Å². The fourth-order valence-corrected chi connectivity index (χ4v) is 1.98. The molecule has 0 aliphatic carbocycles. The van der Waals surface area contributed by atoms with Gasteiger partial charge in [-0.3, -0.25) is 9.59 Å². The summed E-state index contributed by atoms with van der Waals surface area (Å²) in [7, 11) is 0. The molecule has 0 fully saturated rings. The van der Waals surface area contributed by atoms with Crippen molar-refractivity contribution in [2.45, 2.75) is 12.6 Å². The van der Waals surface area contributed by atoms with Crippen LogP contribution < -0.4 is 11.3 Å². The van der Waals surface area contributed by atoms with Crippen molar-refractivity contribution in [1.29, 1.82) is 0 Å². The van der Waals surface area contributed by atoms with E-state index in [1.165, 1.54) is 17.8 Å². The minimum absolute atomic E-state index is 0.0503. The number of aryl methyl sites for hydroxylation is 1. The molecule has 6 heteroatoms. The van der Waals surface area contributed by atoms with E-state index < -0.39 is 12.0 Å². The molecule has 1 heterocycles. The summed E-state index contributed by atoms with van der Waals surface area (Å²) in [5.41, 5.74) is 5.29. The Morgan fingerprint density at radius 1 is 1.56 bits per heavy atom. The zero-order chi connectivity index (χ0) is 12.0. The van der Waals surface area contributed by atoms with E-state index in [2.05, 4.69) is 0 Å². The Kier molecular flexibility index (Phi) is 5.07. The Hall–Kier alpha value is -1.27. The van der Waals surface area contributed by atoms with Crippen molar-refractivity contribution in [1.82, 2.24) is 4.57 Å². The number of nitrogens with two attached hydrogens (primary N) is 1. The van der Waals surface area contributed by atoms with E-state index in [0.717, 1.165) is 0 Å². The van der Waals surface area contributed by atoms with Gasteiger partial charge in [0.15, 0.2) is 0 Å². The lowest BCUT2D eigenvalue weighted by molar-refractivity contribution is -0.137. The number of thioether (sulfide) groups is 1. The number of carboxylic acids is 1. The van der Waals surface area contributed by atoms with Crippen LogP contribution in [0.5, 0.6) is 0 Å². The molecule has 1 aromatic rings. The van der Waals surface area contributed by atoms with Crippen molar-refractivity contribution in [2.24, 2.45) is 5.73 Å². The van der Waals surface area contributed by atoms with E-state index in [1.54, 1.807) is 22.9 Å². The molecule has 1 rings (SSSR count). The molecule has 0 unspecified atom stereocenters. The molecular formula is C10H14N2O3S. The quantitative estimate of drug-likeness (QED) is 0.685. The standard InChI is InChI=1S/C10H14N2O3S/c11-8(10(14)15)7-16-6-5-12-4-2-1-3-9(12)13/h1-4,8H,5-7,11H2,(H,14,15)/t8-/m0/s1. The molecule has 0 aliphatic rings. The van der Waals surface area contributed by atoms with Gasteiger partial charge in [0.25, 0.3) is 5.56 Å². The molecule has 88 valence electrons. The number of carbonyl (C=O) groups is 1. The first-order chi connectivity index (χ1) is 7.61. The van der Waals surface area contributed by atoms with E-state index in [-0.39, 0.29) is 5.56 Å². The van der Waals surface area contributed by atoms with Crippen LogP contribution in [0.3, 0.4) is 0 Å². The van der Waals surface area contributed by atoms with E-state index >= 15 is 0 Å². The number of hydrogen-bond acceptors (Lipinski definition) is 4. The molecule has 1 aromatic heterocycles. The van der Waals surface area contributed by atoms with Crippen molar-refractivity contribution < 1.29 is 9.90 Å². The fraction of sp³-hybridized carbons (Fsp3) is 0.400. The molecular weight excluding hydrogens is 228 g/mol. The van der Waals surface area contributed by atoms with E-state index in [1.807, 2.05) is 0 Å². The van der Waals surface area contributed by atoms with Gasteiger partial charge in [-0.15, -0.1) is 0 Å². The first kappa shape index (κ1) is 12.8. The van der Waals surface area contributed by atoms with Gasteiger partial charge < -0.3 is 15.4 Å². The lowest BCUT2D eigenvalue weighted by atomic mass is 10.4. The summed E-state index contributed by atoms with van der Waals surface area (Å²) in [6, 6.07) is 4.13. The van der Waals surface area contributed by atoms with Crippen LogP contribution in [0.2, 0.25) is 0 Å². The largest absolute Gasteiger partial charge is 0.480 e. The third kappa shape index (κ3) is 4.08. The molecule has 5 nitrogen and oxygen atoms in total. The second-order valence-corrected chi connectivity index (χ2v) is 4.40. The SMILES string of the molecule is N[C@@H](CSCCn1ccccc1=O)C(=O)O. The zero-order valence-electron chi connectivity index (χ0n) is 8.70. The van der Waals surface area contributed by atoms with E-state index in [9.17, 15) is 9.59 Å². The van der Waals surface area contributed by atoms with Crippen molar-refractivity contribution in [2.75, 3.05) is 11.5 Å². The molecule has 0 bridgehead atoms. The highest BCUT2D eigenvalue weighted by molar-refractivity contribution is 7.99. The minimum Gasteiger partial charge on any atom is -0.480 e. The predicted octanol–water partition coefficient (Wildman–Crippen LogP) is -0.00660. The van der Waals surface area contributed by atoms with Gasteiger partial charge >= 0.3 is 5.97 Å². The molecule has 0 saturated carbocycles. The number of aromatic nitrogens is 1. The average molecular weight is 242 g/mol. The number of aliphatic carboxylic acids is 1. The third-order valence-corrected chi connectivity index (χ3v) is 3.06. The number of rotatable bonds is 6. The van der Waals surface area contributed by atoms with Crippen molar-refractivity contribution in [3.63, 3.8) is 0 Å². The number of carboxylic acid groups (broad SMARTS) is 1. The van der Waals surface area contributed by atoms with Crippen LogP contribution in [0.25, 0.3) is 0 Å². The van der Waals surface area contributed by atoms with Gasteiger partial charge in [0, 0.05) is 30.3 Å². The van der Waals surface area contributed by atoms with Crippen molar-refractivity contribution in [3.8, 4) is 0 Å². The summed E-state index contributed by atoms with van der Waals surface area (Å²) in [5.74, 6) is 0.0336. The lowest BCUT2D eigenvalue weighted by Crippen LogP contribution is -2.32. The third-order valence-electron chi connectivity index (χ3n) is 1.99. The average Bonchev–Trinajstić information content (AvgIpc) is 2.26. The maximum atomic E-state index is 11.3. The molecule has 0 aliphatic heterocycles. The summed E-state index contributed by atoms with van der Waals surface area (Å²) < 4.78 is 1.58. The van der Waals surface area contributed by atoms with Gasteiger partial charge in [-0.25, -0.2) is 0 Å². The molecule has 0 radical (unpaired) electrons. The van der Waals surface area contributed by atoms with Gasteiger partial charge in [0.1, 0.15) is 6.04 Å². The first-order valence-electron chi connectivity index (χ1n) is 4.83. The Balaban J connectivity index is 2.29. The van der Waals surface area contributed by atoms with E-state index in [4.69, 9.17) is 10.8 Å². The molecule has 0 amide bonds. The van der Waals surface area contributed by atoms with Gasteiger partial charge in [-0.2, -0.15) is 11.8 Å². The van der Waals surface area contributed by atoms with Crippen LogP contribution in [-0.2, 0) is 11.3 Å². The normalized spacial score (nSPS) is 12.3. The predicted molar refractivity (Wildman–Crippen MR) is 63.6 cm³/mol. The van der Waals surface area contributed by atoms with Crippen LogP contribution in [0.15, 0.2) is 29.2 Å². The van der Waals surface area contributed by atoms with Crippen LogP contribution in [0.1, 0.15) is 0 Å². The minimum atomic E-state index is -0.996. The topological polar surface area (TPSA) is 85.3 Å². The van der Waals surface area contributed by atoms with Gasteiger partial charge in [-0.05, 0) is 6.07 Å². The molecule has 0 aromatic carbocycles. The van der Waals surface area contributed by atoms with Crippen LogP contribution >= 0.6 is 11.8 Å². The second kappa shape index (κ2) is 6.34. The highest BCUT2D eigenvalue weighted by Gasteiger charge is 2.10. The van der Waals surface area contributed by atoms with Crippen molar-refractivity contribution >= 4 is 17.7 Å². The Bertz CT molecular complexity index is 405. The molecule has 0 saturated heterocycles. The molecule has 0 spiro atoms. The highest BCUT2D eigenvalue weighted by atomic mass is 32.2. The van der Waals surface area contributed by atoms with Crippen LogP contribution in [-0.4, -0.2) is 33.2 Å². The molecule has 1 atom stereocenters. The maximum absolute atomic E-state index is 11.3. The smallest absolute Gasteiger partial charge is 0.321 e. The number of nitrogens with zero attached hydrogens (tertiary/aromatic N) is 1. The Labute approximate surface area is 97.3 Å². The van der Waals surface area contributed by atoms with Crippen LogP contribution in [0.4, 0.5) is 0 Å².